The maximum absolute atomic E-state index is 12.5. The molecule has 1 fully saturated rings. The summed E-state index contributed by atoms with van der Waals surface area (Å²) in [5.74, 6) is 0.201. The van der Waals surface area contributed by atoms with Crippen LogP contribution in [-0.2, 0) is 10.0 Å². The van der Waals surface area contributed by atoms with E-state index in [1.807, 2.05) is 6.07 Å². The van der Waals surface area contributed by atoms with Crippen molar-refractivity contribution >= 4 is 34.0 Å². The van der Waals surface area contributed by atoms with Crippen molar-refractivity contribution in [3.8, 4) is 6.07 Å². The fraction of sp³-hybridized carbons (Fsp3) is 0.462. The highest BCUT2D eigenvalue weighted by molar-refractivity contribution is 7.89. The van der Waals surface area contributed by atoms with Crippen LogP contribution < -0.4 is 5.73 Å². The summed E-state index contributed by atoms with van der Waals surface area (Å²) in [4.78, 5) is 0.124. The molecule has 1 aromatic carbocycles. The lowest BCUT2D eigenvalue weighted by atomic mass is 10.0. The maximum atomic E-state index is 12.5. The molecule has 1 heterocycles. The molecule has 1 atom stereocenters. The van der Waals surface area contributed by atoms with E-state index in [0.717, 1.165) is 12.8 Å². The molecule has 1 aliphatic rings. The van der Waals surface area contributed by atoms with Crippen LogP contribution in [0.25, 0.3) is 0 Å². The van der Waals surface area contributed by atoms with E-state index in [4.69, 9.17) is 22.6 Å². The van der Waals surface area contributed by atoms with Gasteiger partial charge in [0.2, 0.25) is 10.0 Å². The lowest BCUT2D eigenvalue weighted by Gasteiger charge is -2.31. The minimum atomic E-state index is -3.57. The Labute approximate surface area is 136 Å². The number of nitrogens with two attached hydrogens (primary N) is 1. The van der Waals surface area contributed by atoms with Crippen LogP contribution in [0, 0.1) is 17.2 Å². The molecule has 2 rings (SSSR count). The molecular formula is C13H17Cl2N3O2S. The number of hydrogen-bond donors (Lipinski definition) is 1. The van der Waals surface area contributed by atoms with E-state index in [0.29, 0.717) is 19.6 Å². The monoisotopic (exact) mass is 349 g/mol. The third-order valence-corrected chi connectivity index (χ3v) is 5.69. The Balaban J connectivity index is 0.00000220. The fourth-order valence-electron chi connectivity index (χ4n) is 2.33. The van der Waals surface area contributed by atoms with Crippen molar-refractivity contribution in [2.45, 2.75) is 17.7 Å². The first-order valence-corrected chi connectivity index (χ1v) is 8.20. The van der Waals surface area contributed by atoms with Gasteiger partial charge in [0.1, 0.15) is 6.07 Å². The van der Waals surface area contributed by atoms with E-state index in [1.165, 1.54) is 22.5 Å². The van der Waals surface area contributed by atoms with Gasteiger partial charge in [-0.15, -0.1) is 12.4 Å². The molecule has 0 radical (unpaired) electrons. The Kier molecular flexibility index (Phi) is 6.44. The zero-order chi connectivity index (χ0) is 14.8. The van der Waals surface area contributed by atoms with Crippen LogP contribution >= 0.6 is 24.0 Å². The van der Waals surface area contributed by atoms with E-state index >= 15 is 0 Å². The van der Waals surface area contributed by atoms with E-state index in [2.05, 4.69) is 0 Å². The Bertz CT molecular complexity index is 643. The molecule has 1 saturated heterocycles. The SMILES string of the molecule is Cl.N#Cc1ccc(S(=O)(=O)N2CCCC(CN)C2)cc1Cl. The molecule has 1 aromatic rings. The molecule has 5 nitrogen and oxygen atoms in total. The maximum Gasteiger partial charge on any atom is 0.243 e. The molecule has 2 N–H and O–H groups in total. The molecule has 0 amide bonds. The summed E-state index contributed by atoms with van der Waals surface area (Å²) >= 11 is 5.90. The Morgan fingerprint density at radius 2 is 2.19 bits per heavy atom. The molecule has 0 spiro atoms. The second-order valence-corrected chi connectivity index (χ2v) is 7.21. The number of hydrogen-bond acceptors (Lipinski definition) is 4. The van der Waals surface area contributed by atoms with Gasteiger partial charge in [0.05, 0.1) is 15.5 Å². The smallest absolute Gasteiger partial charge is 0.243 e. The lowest BCUT2D eigenvalue weighted by Crippen LogP contribution is -2.41. The lowest BCUT2D eigenvalue weighted by molar-refractivity contribution is 0.271. The highest BCUT2D eigenvalue weighted by Gasteiger charge is 2.30. The van der Waals surface area contributed by atoms with Gasteiger partial charge in [-0.25, -0.2) is 8.42 Å². The molecule has 1 unspecified atom stereocenters. The molecule has 21 heavy (non-hydrogen) atoms. The zero-order valence-electron chi connectivity index (χ0n) is 11.3. The summed E-state index contributed by atoms with van der Waals surface area (Å²) in [5, 5.41) is 8.97. The number of nitriles is 1. The Morgan fingerprint density at radius 1 is 1.48 bits per heavy atom. The van der Waals surface area contributed by atoms with Gasteiger partial charge in [0, 0.05) is 13.1 Å². The minimum absolute atomic E-state index is 0. The van der Waals surface area contributed by atoms with Crippen LogP contribution in [0.15, 0.2) is 23.1 Å². The summed E-state index contributed by atoms with van der Waals surface area (Å²) in [6.45, 7) is 1.42. The van der Waals surface area contributed by atoms with Crippen LogP contribution in [0.3, 0.4) is 0 Å². The predicted octanol–water partition coefficient (Wildman–Crippen LogP) is 1.99. The number of piperidine rings is 1. The number of sulfonamides is 1. The van der Waals surface area contributed by atoms with Crippen molar-refractivity contribution in [2.75, 3.05) is 19.6 Å². The van der Waals surface area contributed by atoms with Gasteiger partial charge in [-0.3, -0.25) is 0 Å². The summed E-state index contributed by atoms with van der Waals surface area (Å²) in [7, 11) is -3.57. The first kappa shape index (κ1) is 18.2. The number of halogens is 2. The second-order valence-electron chi connectivity index (χ2n) is 4.86. The van der Waals surface area contributed by atoms with Gasteiger partial charge in [-0.2, -0.15) is 9.57 Å². The molecule has 116 valence electrons. The van der Waals surface area contributed by atoms with Crippen LogP contribution in [0.5, 0.6) is 0 Å². The number of rotatable bonds is 3. The van der Waals surface area contributed by atoms with Crippen molar-refractivity contribution in [1.29, 1.82) is 5.26 Å². The fourth-order valence-corrected chi connectivity index (χ4v) is 4.20. The molecule has 0 aliphatic carbocycles. The second kappa shape index (κ2) is 7.43. The van der Waals surface area contributed by atoms with Gasteiger partial charge >= 0.3 is 0 Å². The summed E-state index contributed by atoms with van der Waals surface area (Å²) in [5.41, 5.74) is 5.90. The summed E-state index contributed by atoms with van der Waals surface area (Å²) in [6.07, 6.45) is 1.77. The van der Waals surface area contributed by atoms with E-state index < -0.39 is 10.0 Å². The average molecular weight is 350 g/mol. The van der Waals surface area contributed by atoms with Crippen molar-refractivity contribution < 1.29 is 8.42 Å². The molecule has 0 saturated carbocycles. The third-order valence-electron chi connectivity index (χ3n) is 3.51. The highest BCUT2D eigenvalue weighted by atomic mass is 35.5. The molecule has 1 aliphatic heterocycles. The van der Waals surface area contributed by atoms with E-state index in [9.17, 15) is 8.42 Å². The Hall–Kier alpha value is -0.840. The van der Waals surface area contributed by atoms with Crippen molar-refractivity contribution in [1.82, 2.24) is 4.31 Å². The number of benzene rings is 1. The molecule has 0 aromatic heterocycles. The standard InChI is InChI=1S/C13H16ClN3O2S.ClH/c14-13-6-12(4-3-11(13)8-16)20(18,19)17-5-1-2-10(7-15)9-17;/h3-4,6,10H,1-2,5,7,9,15H2;1H. The first-order valence-electron chi connectivity index (χ1n) is 6.39. The van der Waals surface area contributed by atoms with Crippen molar-refractivity contribution in [3.63, 3.8) is 0 Å². The van der Waals surface area contributed by atoms with Crippen molar-refractivity contribution in [3.05, 3.63) is 28.8 Å². The van der Waals surface area contributed by atoms with E-state index in [-0.39, 0.29) is 33.8 Å². The van der Waals surface area contributed by atoms with Gasteiger partial charge in [0.15, 0.2) is 0 Å². The minimum Gasteiger partial charge on any atom is -0.330 e. The topological polar surface area (TPSA) is 87.2 Å². The van der Waals surface area contributed by atoms with Crippen molar-refractivity contribution in [2.24, 2.45) is 11.7 Å². The quantitative estimate of drug-likeness (QED) is 0.903. The molecular weight excluding hydrogens is 333 g/mol. The molecule has 0 bridgehead atoms. The largest absolute Gasteiger partial charge is 0.330 e. The first-order chi connectivity index (χ1) is 9.48. The van der Waals surface area contributed by atoms with Gasteiger partial charge in [0.25, 0.3) is 0 Å². The normalized spacial score (nSPS) is 19.6. The predicted molar refractivity (Wildman–Crippen MR) is 84.0 cm³/mol. The van der Waals surface area contributed by atoms with Crippen LogP contribution in [-0.4, -0.2) is 32.4 Å². The third kappa shape index (κ3) is 3.87. The van der Waals surface area contributed by atoms with Crippen LogP contribution in [0.2, 0.25) is 5.02 Å². The van der Waals surface area contributed by atoms with Gasteiger partial charge in [-0.05, 0) is 43.5 Å². The number of nitrogens with zero attached hydrogens (tertiary/aromatic N) is 2. The van der Waals surface area contributed by atoms with E-state index in [1.54, 1.807) is 0 Å². The zero-order valence-corrected chi connectivity index (χ0v) is 13.7. The van der Waals surface area contributed by atoms with Gasteiger partial charge < -0.3 is 5.73 Å². The van der Waals surface area contributed by atoms with Crippen LogP contribution in [0.1, 0.15) is 18.4 Å². The summed E-state index contributed by atoms with van der Waals surface area (Å²) < 4.78 is 26.5. The van der Waals surface area contributed by atoms with Crippen LogP contribution in [0.4, 0.5) is 0 Å². The van der Waals surface area contributed by atoms with Gasteiger partial charge in [-0.1, -0.05) is 11.6 Å². The molecule has 8 heteroatoms. The Morgan fingerprint density at radius 3 is 2.76 bits per heavy atom. The summed E-state index contributed by atoms with van der Waals surface area (Å²) in [6, 6.07) is 6.10. The highest BCUT2D eigenvalue weighted by Crippen LogP contribution is 2.26. The average Bonchev–Trinajstić information content (AvgIpc) is 2.47.